The smallest absolute Gasteiger partial charge is 0.238 e. The van der Waals surface area contributed by atoms with E-state index in [-0.39, 0.29) is 34.1 Å². The number of carbonyl (C=O) groups excluding carboxylic acids is 2. The molecule has 6 atom stereocenters. The summed E-state index contributed by atoms with van der Waals surface area (Å²) in [6.45, 7) is 7.23. The van der Waals surface area contributed by atoms with Crippen LogP contribution in [0.15, 0.2) is 42.0 Å². The minimum absolute atomic E-state index is 0.00410. The van der Waals surface area contributed by atoms with E-state index in [1.165, 1.54) is 19.3 Å². The van der Waals surface area contributed by atoms with Gasteiger partial charge in [0.05, 0.1) is 25.6 Å². The summed E-state index contributed by atoms with van der Waals surface area (Å²) >= 11 is 0. The summed E-state index contributed by atoms with van der Waals surface area (Å²) in [7, 11) is -1.70. The van der Waals surface area contributed by atoms with Crippen LogP contribution >= 0.6 is 0 Å². The van der Waals surface area contributed by atoms with Crippen molar-refractivity contribution in [3.63, 3.8) is 0 Å². The fourth-order valence-corrected chi connectivity index (χ4v) is 10.5. The maximum absolute atomic E-state index is 13.8. The molecule has 140 valence electrons. The molecule has 2 amide bonds. The predicted molar refractivity (Wildman–Crippen MR) is 108 cm³/mol. The summed E-state index contributed by atoms with van der Waals surface area (Å²) in [5.74, 6) is 1.24. The molecule has 1 aliphatic heterocycles. The van der Waals surface area contributed by atoms with Crippen LogP contribution in [0, 0.1) is 29.1 Å². The second-order valence-electron chi connectivity index (χ2n) is 10.6. The van der Waals surface area contributed by atoms with E-state index in [1.807, 2.05) is 30.3 Å². The molecule has 6 rings (SSSR count). The lowest BCUT2D eigenvalue weighted by Crippen LogP contribution is -2.45. The second-order valence-corrected chi connectivity index (χ2v) is 16.0. The summed E-state index contributed by atoms with van der Waals surface area (Å²) < 4.78 is 0. The minimum atomic E-state index is -1.70. The van der Waals surface area contributed by atoms with Gasteiger partial charge in [-0.2, -0.15) is 0 Å². The lowest BCUT2D eigenvalue weighted by atomic mass is 9.63. The van der Waals surface area contributed by atoms with Gasteiger partial charge >= 0.3 is 0 Å². The van der Waals surface area contributed by atoms with E-state index >= 15 is 0 Å². The number of hydrogen-bond acceptors (Lipinski definition) is 2. The summed E-state index contributed by atoms with van der Waals surface area (Å²) in [5, 5.41) is -0.0372. The number of anilines is 1. The minimum Gasteiger partial charge on any atom is -0.274 e. The van der Waals surface area contributed by atoms with Crippen molar-refractivity contribution in [3.05, 3.63) is 42.0 Å². The lowest BCUT2D eigenvalue weighted by molar-refractivity contribution is -0.124. The Labute approximate surface area is 161 Å². The molecule has 1 aromatic carbocycles. The van der Waals surface area contributed by atoms with Crippen LogP contribution in [0.3, 0.4) is 0 Å². The molecule has 5 aliphatic rings. The first kappa shape index (κ1) is 16.3. The van der Waals surface area contributed by atoms with Gasteiger partial charge in [0.1, 0.15) is 0 Å². The SMILES string of the molecule is C[Si](C)(C)[C@@]12C=C3[C@H]4CC[C@@H](C4)[C@@]3(C1)[C@@H]1C(=O)N(c3ccccc3)C(=O)[C@H]12. The van der Waals surface area contributed by atoms with Gasteiger partial charge in [0.25, 0.3) is 0 Å². The van der Waals surface area contributed by atoms with Crippen LogP contribution in [0.25, 0.3) is 0 Å². The standard InChI is InChI=1S/C23H27NO2Si/c1-27(2,3)22-12-17-14-9-10-15(11-14)23(17,13-22)19-18(22)20(25)24(21(19)26)16-7-5-4-6-8-16/h4-8,12,14-15,18-19H,9-11,13H2,1-3H3/t14-,15-,18-,19-,22-,23+/m0/s1. The summed E-state index contributed by atoms with van der Waals surface area (Å²) in [4.78, 5) is 29.0. The molecule has 1 saturated heterocycles. The number of amides is 2. The van der Waals surface area contributed by atoms with Gasteiger partial charge in [0, 0.05) is 5.41 Å². The van der Waals surface area contributed by atoms with Crippen molar-refractivity contribution in [1.29, 1.82) is 0 Å². The van der Waals surface area contributed by atoms with Gasteiger partial charge in [0.2, 0.25) is 11.8 Å². The average molecular weight is 378 g/mol. The normalized spacial score (nSPS) is 44.1. The monoisotopic (exact) mass is 377 g/mol. The highest BCUT2D eigenvalue weighted by Crippen LogP contribution is 2.83. The number of hydrogen-bond donors (Lipinski definition) is 0. The zero-order valence-corrected chi connectivity index (χ0v) is 17.4. The summed E-state index contributed by atoms with van der Waals surface area (Å²) in [6, 6.07) is 9.61. The first-order valence-corrected chi connectivity index (χ1v) is 14.0. The molecule has 0 unspecified atom stereocenters. The molecule has 3 nitrogen and oxygen atoms in total. The van der Waals surface area contributed by atoms with E-state index in [0.717, 1.165) is 12.1 Å². The molecule has 4 bridgehead atoms. The van der Waals surface area contributed by atoms with Gasteiger partial charge < -0.3 is 0 Å². The van der Waals surface area contributed by atoms with Crippen LogP contribution in [0.5, 0.6) is 0 Å². The molecule has 0 N–H and O–H groups in total. The lowest BCUT2D eigenvalue weighted by Gasteiger charge is -2.42. The molecule has 4 aliphatic carbocycles. The number of nitrogens with zero attached hydrogens (tertiary/aromatic N) is 1. The highest BCUT2D eigenvalue weighted by Gasteiger charge is 2.80. The Hall–Kier alpha value is -1.68. The van der Waals surface area contributed by atoms with Crippen molar-refractivity contribution < 1.29 is 9.59 Å². The number of rotatable bonds is 2. The number of imide groups is 1. The van der Waals surface area contributed by atoms with Crippen LogP contribution in [0.4, 0.5) is 5.69 Å². The van der Waals surface area contributed by atoms with Gasteiger partial charge in [-0.15, -0.1) is 0 Å². The quantitative estimate of drug-likeness (QED) is 0.428. The average Bonchev–Trinajstić information content (AvgIpc) is 3.38. The number of carbonyl (C=O) groups is 2. The van der Waals surface area contributed by atoms with Crippen LogP contribution in [-0.4, -0.2) is 19.9 Å². The molecule has 0 radical (unpaired) electrons. The highest BCUT2D eigenvalue weighted by molar-refractivity contribution is 6.80. The molecular formula is C23H27NO2Si. The van der Waals surface area contributed by atoms with Gasteiger partial charge in [-0.1, -0.05) is 49.5 Å². The molecule has 3 saturated carbocycles. The van der Waals surface area contributed by atoms with Gasteiger partial charge in [-0.3, -0.25) is 14.5 Å². The van der Waals surface area contributed by atoms with Crippen molar-refractivity contribution in [1.82, 2.24) is 0 Å². The third-order valence-electron chi connectivity index (χ3n) is 8.96. The maximum Gasteiger partial charge on any atom is 0.238 e. The third kappa shape index (κ3) is 1.59. The van der Waals surface area contributed by atoms with E-state index in [2.05, 4.69) is 25.7 Å². The molecule has 0 aromatic heterocycles. The van der Waals surface area contributed by atoms with E-state index in [1.54, 1.807) is 10.5 Å². The Morgan fingerprint density at radius 2 is 1.70 bits per heavy atom. The van der Waals surface area contributed by atoms with Crippen LogP contribution < -0.4 is 4.90 Å². The first-order chi connectivity index (χ1) is 12.8. The molecule has 4 heteroatoms. The van der Waals surface area contributed by atoms with E-state index in [0.29, 0.717) is 11.8 Å². The fraction of sp³-hybridized carbons (Fsp3) is 0.565. The van der Waals surface area contributed by atoms with E-state index in [4.69, 9.17) is 0 Å². The zero-order valence-electron chi connectivity index (χ0n) is 16.4. The number of benzene rings is 1. The molecule has 27 heavy (non-hydrogen) atoms. The molecular weight excluding hydrogens is 350 g/mol. The first-order valence-electron chi connectivity index (χ1n) is 10.5. The Morgan fingerprint density at radius 1 is 1.00 bits per heavy atom. The number of para-hydroxylation sites is 1. The van der Waals surface area contributed by atoms with Gasteiger partial charge in [-0.05, 0) is 54.7 Å². The largest absolute Gasteiger partial charge is 0.274 e. The summed E-state index contributed by atoms with van der Waals surface area (Å²) in [6.07, 6.45) is 7.46. The van der Waals surface area contributed by atoms with Crippen molar-refractivity contribution >= 4 is 25.6 Å². The Bertz CT molecular complexity index is 916. The maximum atomic E-state index is 13.8. The van der Waals surface area contributed by atoms with Crippen LogP contribution in [0.1, 0.15) is 25.7 Å². The molecule has 1 heterocycles. The Kier molecular flexibility index (Phi) is 2.81. The van der Waals surface area contributed by atoms with Gasteiger partial charge in [0.15, 0.2) is 0 Å². The Morgan fingerprint density at radius 3 is 2.41 bits per heavy atom. The number of allylic oxidation sites excluding steroid dienone is 2. The van der Waals surface area contributed by atoms with Crippen LogP contribution in [0.2, 0.25) is 24.7 Å². The summed E-state index contributed by atoms with van der Waals surface area (Å²) in [5.41, 5.74) is 2.36. The van der Waals surface area contributed by atoms with Gasteiger partial charge in [-0.25, -0.2) is 0 Å². The topological polar surface area (TPSA) is 37.4 Å². The Balaban J connectivity index is 1.57. The van der Waals surface area contributed by atoms with E-state index in [9.17, 15) is 9.59 Å². The second kappa shape index (κ2) is 4.65. The molecule has 4 fully saturated rings. The highest BCUT2D eigenvalue weighted by atomic mass is 28.3. The van der Waals surface area contributed by atoms with Crippen molar-refractivity contribution in [2.45, 2.75) is 50.4 Å². The fourth-order valence-electron chi connectivity index (χ4n) is 7.89. The van der Waals surface area contributed by atoms with E-state index < -0.39 is 8.07 Å². The number of fused-ring (bicyclic) bond motifs is 6. The molecule has 1 spiro atoms. The molecule has 1 aromatic rings. The van der Waals surface area contributed by atoms with Crippen LogP contribution in [-0.2, 0) is 9.59 Å². The predicted octanol–water partition coefficient (Wildman–Crippen LogP) is 4.63. The van der Waals surface area contributed by atoms with Crippen molar-refractivity contribution in [2.24, 2.45) is 29.1 Å². The van der Waals surface area contributed by atoms with Crippen molar-refractivity contribution in [3.8, 4) is 0 Å². The zero-order chi connectivity index (χ0) is 18.8. The third-order valence-corrected chi connectivity index (χ3v) is 12.4. The van der Waals surface area contributed by atoms with Crippen molar-refractivity contribution in [2.75, 3.05) is 4.90 Å².